The SMILES string of the molecule is Cc1nc(-c2cccc(C#CC3(O)CCN(C)C3=O)c2)nc2c(N)nccc12. The van der Waals surface area contributed by atoms with Crippen LogP contribution in [-0.4, -0.2) is 50.1 Å². The quantitative estimate of drug-likeness (QED) is 0.627. The van der Waals surface area contributed by atoms with Gasteiger partial charge in [0.1, 0.15) is 11.3 Å². The number of nitrogen functional groups attached to an aromatic ring is 1. The number of fused-ring (bicyclic) bond motifs is 1. The molecule has 0 saturated carbocycles. The molecule has 0 radical (unpaired) electrons. The molecule has 4 rings (SSSR count). The Morgan fingerprint density at radius 2 is 2.11 bits per heavy atom. The molecule has 0 aliphatic carbocycles. The Balaban J connectivity index is 1.73. The van der Waals surface area contributed by atoms with E-state index in [1.807, 2.05) is 37.3 Å². The van der Waals surface area contributed by atoms with Gasteiger partial charge < -0.3 is 15.7 Å². The van der Waals surface area contributed by atoms with Crippen molar-refractivity contribution in [3.05, 3.63) is 47.8 Å². The highest BCUT2D eigenvalue weighted by molar-refractivity contribution is 5.91. The minimum atomic E-state index is -1.62. The van der Waals surface area contributed by atoms with E-state index in [9.17, 15) is 9.90 Å². The second-order valence-electron chi connectivity index (χ2n) is 6.89. The van der Waals surface area contributed by atoms with Gasteiger partial charge in [0.05, 0.1) is 0 Å². The van der Waals surface area contributed by atoms with E-state index in [4.69, 9.17) is 5.73 Å². The molecule has 0 bridgehead atoms. The Morgan fingerprint density at radius 3 is 2.86 bits per heavy atom. The van der Waals surface area contributed by atoms with Crippen LogP contribution in [0.2, 0.25) is 0 Å². The molecule has 1 amide bonds. The average molecular weight is 373 g/mol. The molecular weight excluding hydrogens is 354 g/mol. The van der Waals surface area contributed by atoms with Gasteiger partial charge in [0.15, 0.2) is 5.82 Å². The summed E-state index contributed by atoms with van der Waals surface area (Å²) in [5.41, 5.74) is 7.19. The van der Waals surface area contributed by atoms with Gasteiger partial charge in [0, 0.05) is 48.4 Å². The predicted octanol–water partition coefficient (Wildman–Crippen LogP) is 1.53. The van der Waals surface area contributed by atoms with E-state index in [2.05, 4.69) is 26.8 Å². The topological polar surface area (TPSA) is 105 Å². The molecule has 1 aliphatic rings. The smallest absolute Gasteiger partial charge is 0.267 e. The number of aryl methyl sites for hydroxylation is 1. The standard InChI is InChI=1S/C21H19N5O2/c1-13-16-7-10-23-18(22)17(16)25-19(24-13)15-5-3-4-14(12-15)6-8-21(28)9-11-26(2)20(21)27/h3-5,7,10,12,28H,9,11H2,1-2H3,(H2,22,23). The second-order valence-corrected chi connectivity index (χ2v) is 6.89. The number of carbonyl (C=O) groups is 1. The summed E-state index contributed by atoms with van der Waals surface area (Å²) < 4.78 is 0. The molecule has 1 aliphatic heterocycles. The zero-order chi connectivity index (χ0) is 19.9. The Morgan fingerprint density at radius 1 is 1.29 bits per heavy atom. The van der Waals surface area contributed by atoms with Crippen LogP contribution in [0.3, 0.4) is 0 Å². The number of likely N-dealkylation sites (N-methyl/N-ethyl adjacent to an activating group) is 1. The fraction of sp³-hybridized carbons (Fsp3) is 0.238. The van der Waals surface area contributed by atoms with Crippen molar-refractivity contribution in [3.63, 3.8) is 0 Å². The molecule has 28 heavy (non-hydrogen) atoms. The number of nitrogens with zero attached hydrogens (tertiary/aromatic N) is 4. The summed E-state index contributed by atoms with van der Waals surface area (Å²) in [5.74, 6) is 6.14. The highest BCUT2D eigenvalue weighted by Gasteiger charge is 2.42. The van der Waals surface area contributed by atoms with Crippen LogP contribution in [0.15, 0.2) is 36.5 Å². The van der Waals surface area contributed by atoms with Crippen molar-refractivity contribution in [2.24, 2.45) is 0 Å². The van der Waals surface area contributed by atoms with Crippen LogP contribution in [0.25, 0.3) is 22.3 Å². The number of carbonyl (C=O) groups excluding carboxylic acids is 1. The van der Waals surface area contributed by atoms with Gasteiger partial charge >= 0.3 is 0 Å². The second kappa shape index (κ2) is 6.59. The van der Waals surface area contributed by atoms with Gasteiger partial charge in [-0.05, 0) is 25.1 Å². The van der Waals surface area contributed by atoms with Gasteiger partial charge in [-0.15, -0.1) is 0 Å². The highest BCUT2D eigenvalue weighted by Crippen LogP contribution is 2.25. The molecule has 2 aromatic heterocycles. The minimum Gasteiger partial charge on any atom is -0.382 e. The van der Waals surface area contributed by atoms with Crippen LogP contribution < -0.4 is 5.73 Å². The third-order valence-corrected chi connectivity index (χ3v) is 4.88. The van der Waals surface area contributed by atoms with Crippen LogP contribution in [0.5, 0.6) is 0 Å². The maximum Gasteiger partial charge on any atom is 0.267 e. The number of rotatable bonds is 1. The van der Waals surface area contributed by atoms with Gasteiger partial charge in [-0.2, -0.15) is 0 Å². The van der Waals surface area contributed by atoms with Crippen LogP contribution in [0.4, 0.5) is 5.82 Å². The predicted molar refractivity (Wildman–Crippen MR) is 106 cm³/mol. The molecule has 3 heterocycles. The van der Waals surface area contributed by atoms with Crippen molar-refractivity contribution < 1.29 is 9.90 Å². The lowest BCUT2D eigenvalue weighted by molar-refractivity contribution is -0.137. The van der Waals surface area contributed by atoms with Crippen molar-refractivity contribution >= 4 is 22.6 Å². The average Bonchev–Trinajstić information content (AvgIpc) is 2.95. The first kappa shape index (κ1) is 17.9. The monoisotopic (exact) mass is 373 g/mol. The molecule has 7 heteroatoms. The van der Waals surface area contributed by atoms with Gasteiger partial charge in [-0.1, -0.05) is 24.0 Å². The third kappa shape index (κ3) is 3.04. The van der Waals surface area contributed by atoms with E-state index in [1.165, 1.54) is 4.90 Å². The molecule has 140 valence electrons. The van der Waals surface area contributed by atoms with E-state index in [0.717, 1.165) is 16.6 Å². The molecule has 1 fully saturated rings. The molecular formula is C21H19N5O2. The normalized spacial score (nSPS) is 19.0. The molecule has 1 unspecified atom stereocenters. The fourth-order valence-corrected chi connectivity index (χ4v) is 3.24. The van der Waals surface area contributed by atoms with Crippen LogP contribution in [-0.2, 0) is 4.79 Å². The number of anilines is 1. The van der Waals surface area contributed by atoms with Crippen molar-refractivity contribution in [1.82, 2.24) is 19.9 Å². The van der Waals surface area contributed by atoms with Crippen molar-refractivity contribution in [1.29, 1.82) is 0 Å². The van der Waals surface area contributed by atoms with Crippen LogP contribution >= 0.6 is 0 Å². The van der Waals surface area contributed by atoms with Crippen LogP contribution in [0, 0.1) is 18.8 Å². The number of hydrogen-bond donors (Lipinski definition) is 2. The Bertz CT molecular complexity index is 1160. The van der Waals surface area contributed by atoms with Crippen molar-refractivity contribution in [3.8, 4) is 23.2 Å². The number of benzene rings is 1. The number of amides is 1. The van der Waals surface area contributed by atoms with Gasteiger partial charge in [-0.3, -0.25) is 4.79 Å². The molecule has 3 aromatic rings. The Kier molecular flexibility index (Phi) is 4.21. The summed E-state index contributed by atoms with van der Waals surface area (Å²) in [5, 5.41) is 11.3. The number of aliphatic hydroxyl groups is 1. The van der Waals surface area contributed by atoms with E-state index in [0.29, 0.717) is 35.7 Å². The van der Waals surface area contributed by atoms with E-state index >= 15 is 0 Å². The highest BCUT2D eigenvalue weighted by atomic mass is 16.3. The molecule has 7 nitrogen and oxygen atoms in total. The van der Waals surface area contributed by atoms with Gasteiger partial charge in [0.2, 0.25) is 5.60 Å². The van der Waals surface area contributed by atoms with E-state index < -0.39 is 5.60 Å². The lowest BCUT2D eigenvalue weighted by Gasteiger charge is -2.13. The number of aromatic nitrogens is 3. The molecule has 1 saturated heterocycles. The summed E-state index contributed by atoms with van der Waals surface area (Å²) in [6.07, 6.45) is 1.94. The Labute approximate surface area is 162 Å². The molecule has 1 atom stereocenters. The third-order valence-electron chi connectivity index (χ3n) is 4.88. The number of likely N-dealkylation sites (tertiary alicyclic amines) is 1. The maximum absolute atomic E-state index is 12.1. The summed E-state index contributed by atoms with van der Waals surface area (Å²) >= 11 is 0. The fourth-order valence-electron chi connectivity index (χ4n) is 3.24. The lowest BCUT2D eigenvalue weighted by Crippen LogP contribution is -2.37. The summed E-state index contributed by atoms with van der Waals surface area (Å²) in [7, 11) is 1.66. The molecule has 1 aromatic carbocycles. The molecule has 3 N–H and O–H groups in total. The lowest BCUT2D eigenvalue weighted by atomic mass is 10.0. The maximum atomic E-state index is 12.1. The van der Waals surface area contributed by atoms with Crippen molar-refractivity contribution in [2.45, 2.75) is 18.9 Å². The van der Waals surface area contributed by atoms with Gasteiger partial charge in [0.25, 0.3) is 5.91 Å². The summed E-state index contributed by atoms with van der Waals surface area (Å²) in [6.45, 7) is 2.39. The van der Waals surface area contributed by atoms with Gasteiger partial charge in [-0.25, -0.2) is 15.0 Å². The zero-order valence-electron chi connectivity index (χ0n) is 15.6. The van der Waals surface area contributed by atoms with E-state index in [1.54, 1.807) is 13.2 Å². The largest absolute Gasteiger partial charge is 0.382 e. The van der Waals surface area contributed by atoms with Crippen molar-refractivity contribution in [2.75, 3.05) is 19.3 Å². The number of hydrogen-bond acceptors (Lipinski definition) is 6. The summed E-state index contributed by atoms with van der Waals surface area (Å²) in [6, 6.07) is 9.19. The zero-order valence-corrected chi connectivity index (χ0v) is 15.6. The minimum absolute atomic E-state index is 0.300. The van der Waals surface area contributed by atoms with E-state index in [-0.39, 0.29) is 5.91 Å². The summed E-state index contributed by atoms with van der Waals surface area (Å²) in [4.78, 5) is 26.8. The first-order chi connectivity index (χ1) is 13.4. The van der Waals surface area contributed by atoms with Crippen LogP contribution in [0.1, 0.15) is 17.7 Å². The first-order valence-corrected chi connectivity index (χ1v) is 8.88. The Hall–Kier alpha value is -3.50. The number of pyridine rings is 1. The number of nitrogens with two attached hydrogens (primary N) is 1. The molecule has 0 spiro atoms. The first-order valence-electron chi connectivity index (χ1n) is 8.88.